The molecule has 0 fully saturated rings. The smallest absolute Gasteiger partial charge is 0.250 e. The number of carbonyl (C=O) groups is 1. The summed E-state index contributed by atoms with van der Waals surface area (Å²) in [5.41, 5.74) is 2.89. The van der Waals surface area contributed by atoms with E-state index in [1.165, 1.54) is 17.4 Å². The number of anilines is 1. The molecule has 0 aliphatic carbocycles. The minimum absolute atomic E-state index is 0.221. The van der Waals surface area contributed by atoms with Crippen LogP contribution >= 0.6 is 23.1 Å². The van der Waals surface area contributed by atoms with Gasteiger partial charge in [0.25, 0.3) is 0 Å². The van der Waals surface area contributed by atoms with Crippen LogP contribution in [0.25, 0.3) is 6.08 Å². The van der Waals surface area contributed by atoms with E-state index in [9.17, 15) is 4.79 Å². The first-order valence-electron chi connectivity index (χ1n) is 6.46. The summed E-state index contributed by atoms with van der Waals surface area (Å²) in [6.45, 7) is 5.94. The van der Waals surface area contributed by atoms with Crippen LogP contribution in [0.15, 0.2) is 10.4 Å². The van der Waals surface area contributed by atoms with E-state index in [0.717, 1.165) is 27.0 Å². The van der Waals surface area contributed by atoms with Crippen molar-refractivity contribution in [3.05, 3.63) is 23.0 Å². The van der Waals surface area contributed by atoms with Crippen LogP contribution in [-0.2, 0) is 11.8 Å². The Morgan fingerprint density at radius 3 is 2.81 bits per heavy atom. The van der Waals surface area contributed by atoms with E-state index in [-0.39, 0.29) is 5.91 Å². The van der Waals surface area contributed by atoms with E-state index >= 15 is 0 Å². The van der Waals surface area contributed by atoms with Gasteiger partial charge in [0.15, 0.2) is 4.34 Å². The fourth-order valence-electron chi connectivity index (χ4n) is 1.78. The molecule has 0 unspecified atom stereocenters. The third-order valence-corrected chi connectivity index (χ3v) is 4.72. The highest BCUT2D eigenvalue weighted by Gasteiger charge is 2.08. The van der Waals surface area contributed by atoms with Gasteiger partial charge >= 0.3 is 0 Å². The van der Waals surface area contributed by atoms with Gasteiger partial charge in [0, 0.05) is 24.4 Å². The number of aryl methyl sites for hydroxylation is 2. The first-order valence-corrected chi connectivity index (χ1v) is 8.27. The molecule has 0 aliphatic heterocycles. The standard InChI is InChI=1S/C13H17N5OS2/c1-5-20-13-16-15-12(21-13)14-11(19)7-6-10-8(2)17-18(4)9(10)3/h6-7H,5H2,1-4H3,(H,14,15,19). The number of carbonyl (C=O) groups excluding carboxylic acids is 1. The summed E-state index contributed by atoms with van der Waals surface area (Å²) >= 11 is 2.98. The summed E-state index contributed by atoms with van der Waals surface area (Å²) in [7, 11) is 1.88. The lowest BCUT2D eigenvalue weighted by atomic mass is 10.2. The van der Waals surface area contributed by atoms with Gasteiger partial charge in [-0.05, 0) is 25.7 Å². The van der Waals surface area contributed by atoms with Crippen LogP contribution in [0.3, 0.4) is 0 Å². The fourth-order valence-corrected chi connectivity index (χ4v) is 3.43. The Hall–Kier alpha value is -1.67. The van der Waals surface area contributed by atoms with Crippen LogP contribution < -0.4 is 5.32 Å². The third kappa shape index (κ3) is 3.92. The van der Waals surface area contributed by atoms with Gasteiger partial charge in [0.1, 0.15) is 0 Å². The number of hydrogen-bond donors (Lipinski definition) is 1. The fraction of sp³-hybridized carbons (Fsp3) is 0.385. The zero-order valence-electron chi connectivity index (χ0n) is 12.4. The van der Waals surface area contributed by atoms with Gasteiger partial charge < -0.3 is 0 Å². The predicted octanol–water partition coefficient (Wildman–Crippen LogP) is 2.65. The topological polar surface area (TPSA) is 72.7 Å². The van der Waals surface area contributed by atoms with Crippen molar-refractivity contribution in [1.29, 1.82) is 0 Å². The first-order chi connectivity index (χ1) is 10.0. The minimum Gasteiger partial charge on any atom is -0.297 e. The molecule has 0 radical (unpaired) electrons. The second-order valence-electron chi connectivity index (χ2n) is 4.34. The molecular weight excluding hydrogens is 306 g/mol. The molecule has 0 aliphatic rings. The molecule has 1 N–H and O–H groups in total. The van der Waals surface area contributed by atoms with Gasteiger partial charge in [-0.25, -0.2) is 0 Å². The van der Waals surface area contributed by atoms with Crippen LogP contribution in [0, 0.1) is 13.8 Å². The van der Waals surface area contributed by atoms with Crippen LogP contribution in [0.1, 0.15) is 23.9 Å². The molecule has 8 heteroatoms. The van der Waals surface area contributed by atoms with Crippen molar-refractivity contribution in [2.24, 2.45) is 7.05 Å². The molecule has 0 saturated heterocycles. The van der Waals surface area contributed by atoms with E-state index in [2.05, 4.69) is 20.6 Å². The Morgan fingerprint density at radius 1 is 1.43 bits per heavy atom. The molecule has 0 saturated carbocycles. The average molecular weight is 323 g/mol. The maximum Gasteiger partial charge on any atom is 0.250 e. The molecule has 21 heavy (non-hydrogen) atoms. The summed E-state index contributed by atoms with van der Waals surface area (Å²) in [6.07, 6.45) is 3.26. The van der Waals surface area contributed by atoms with Gasteiger partial charge in [0.05, 0.1) is 5.69 Å². The van der Waals surface area contributed by atoms with Crippen molar-refractivity contribution in [1.82, 2.24) is 20.0 Å². The summed E-state index contributed by atoms with van der Waals surface area (Å²) in [5.74, 6) is 0.712. The van der Waals surface area contributed by atoms with E-state index in [0.29, 0.717) is 5.13 Å². The van der Waals surface area contributed by atoms with Gasteiger partial charge in [-0.1, -0.05) is 30.0 Å². The lowest BCUT2D eigenvalue weighted by Gasteiger charge is -1.96. The first kappa shape index (κ1) is 15.7. The van der Waals surface area contributed by atoms with Crippen molar-refractivity contribution < 1.29 is 4.79 Å². The van der Waals surface area contributed by atoms with E-state index in [1.54, 1.807) is 22.5 Å². The number of rotatable bonds is 5. The highest BCUT2D eigenvalue weighted by molar-refractivity contribution is 8.01. The normalized spacial score (nSPS) is 11.2. The quantitative estimate of drug-likeness (QED) is 0.520. The van der Waals surface area contributed by atoms with E-state index in [1.807, 2.05) is 27.8 Å². The van der Waals surface area contributed by atoms with Crippen molar-refractivity contribution >= 4 is 40.2 Å². The molecular formula is C13H17N5OS2. The second-order valence-corrected chi connectivity index (χ2v) is 6.83. The molecule has 6 nitrogen and oxygen atoms in total. The van der Waals surface area contributed by atoms with Crippen LogP contribution in [0.4, 0.5) is 5.13 Å². The third-order valence-electron chi connectivity index (χ3n) is 2.87. The molecule has 2 heterocycles. The number of amides is 1. The van der Waals surface area contributed by atoms with E-state index in [4.69, 9.17) is 0 Å². The molecule has 0 bridgehead atoms. The van der Waals surface area contributed by atoms with Crippen molar-refractivity contribution in [2.45, 2.75) is 25.1 Å². The SMILES string of the molecule is CCSc1nnc(NC(=O)C=Cc2c(C)nn(C)c2C)s1. The molecule has 2 aromatic rings. The predicted molar refractivity (Wildman–Crippen MR) is 86.7 cm³/mol. The van der Waals surface area contributed by atoms with Gasteiger partial charge in [-0.3, -0.25) is 14.8 Å². The lowest BCUT2D eigenvalue weighted by Crippen LogP contribution is -2.07. The maximum absolute atomic E-state index is 11.9. The second kappa shape index (κ2) is 6.86. The zero-order valence-corrected chi connectivity index (χ0v) is 14.0. The van der Waals surface area contributed by atoms with Crippen LogP contribution in [-0.4, -0.2) is 31.6 Å². The summed E-state index contributed by atoms with van der Waals surface area (Å²) < 4.78 is 2.65. The number of thioether (sulfide) groups is 1. The Bertz CT molecular complexity index is 674. The molecule has 112 valence electrons. The van der Waals surface area contributed by atoms with Gasteiger partial charge in [-0.2, -0.15) is 5.10 Å². The Kier molecular flexibility index (Phi) is 5.13. The molecule has 1 amide bonds. The maximum atomic E-state index is 11.9. The summed E-state index contributed by atoms with van der Waals surface area (Å²) in [6, 6.07) is 0. The number of nitrogens with zero attached hydrogens (tertiary/aromatic N) is 4. The van der Waals surface area contributed by atoms with Crippen molar-refractivity contribution in [3.8, 4) is 0 Å². The molecule has 0 spiro atoms. The zero-order chi connectivity index (χ0) is 15.4. The summed E-state index contributed by atoms with van der Waals surface area (Å²) in [5, 5.41) is 15.5. The van der Waals surface area contributed by atoms with Crippen LogP contribution in [0.2, 0.25) is 0 Å². The van der Waals surface area contributed by atoms with E-state index < -0.39 is 0 Å². The molecule has 2 rings (SSSR count). The highest BCUT2D eigenvalue weighted by Crippen LogP contribution is 2.25. The average Bonchev–Trinajstić information content (AvgIpc) is 2.95. The Balaban J connectivity index is 2.02. The number of hydrogen-bond acceptors (Lipinski definition) is 6. The monoisotopic (exact) mass is 323 g/mol. The van der Waals surface area contributed by atoms with Gasteiger partial charge in [0.2, 0.25) is 11.0 Å². The number of nitrogens with one attached hydrogen (secondary N) is 1. The van der Waals surface area contributed by atoms with Crippen molar-refractivity contribution in [3.63, 3.8) is 0 Å². The highest BCUT2D eigenvalue weighted by atomic mass is 32.2. The number of aromatic nitrogens is 4. The Morgan fingerprint density at radius 2 is 2.19 bits per heavy atom. The molecule has 0 aromatic carbocycles. The Labute approximate surface area is 131 Å². The largest absolute Gasteiger partial charge is 0.297 e. The van der Waals surface area contributed by atoms with Gasteiger partial charge in [-0.15, -0.1) is 10.2 Å². The molecule has 0 atom stereocenters. The van der Waals surface area contributed by atoms with Crippen molar-refractivity contribution in [2.75, 3.05) is 11.1 Å². The molecule has 2 aromatic heterocycles. The minimum atomic E-state index is -0.221. The summed E-state index contributed by atoms with van der Waals surface area (Å²) in [4.78, 5) is 11.9. The van der Waals surface area contributed by atoms with Crippen LogP contribution in [0.5, 0.6) is 0 Å². The lowest BCUT2D eigenvalue weighted by molar-refractivity contribution is -0.111.